The molecule has 0 aliphatic rings. The van der Waals surface area contributed by atoms with Crippen LogP contribution in [-0.2, 0) is 5.41 Å². The van der Waals surface area contributed by atoms with Crippen LogP contribution in [0.4, 0.5) is 0 Å². The van der Waals surface area contributed by atoms with E-state index in [0.717, 1.165) is 11.3 Å². The lowest BCUT2D eigenvalue weighted by Crippen LogP contribution is -2.12. The van der Waals surface area contributed by atoms with Crippen molar-refractivity contribution in [2.45, 2.75) is 46.1 Å². The number of hydrogen-bond donors (Lipinski definition) is 1. The van der Waals surface area contributed by atoms with Crippen LogP contribution in [0.2, 0.25) is 0 Å². The SMILES string of the molecule is Cc1cc(OC(C)c2ncc(C(C)(C)C)o2)ccc1C(N)=O. The van der Waals surface area contributed by atoms with E-state index in [-0.39, 0.29) is 11.5 Å². The molecule has 2 N–H and O–H groups in total. The number of nitrogens with two attached hydrogens (primary N) is 1. The fourth-order valence-corrected chi connectivity index (χ4v) is 2.06. The summed E-state index contributed by atoms with van der Waals surface area (Å²) in [6, 6.07) is 5.16. The second-order valence-electron chi connectivity index (χ2n) is 6.41. The maximum atomic E-state index is 11.2. The molecule has 0 radical (unpaired) electrons. The van der Waals surface area contributed by atoms with Crippen molar-refractivity contribution in [2.75, 3.05) is 0 Å². The molecule has 0 bridgehead atoms. The normalized spacial score (nSPS) is 13.0. The molecule has 1 aromatic carbocycles. The molecule has 0 aliphatic carbocycles. The molecule has 0 saturated carbocycles. The number of primary amides is 1. The molecule has 22 heavy (non-hydrogen) atoms. The highest BCUT2D eigenvalue weighted by Crippen LogP contribution is 2.27. The van der Waals surface area contributed by atoms with E-state index in [1.807, 2.05) is 13.8 Å². The van der Waals surface area contributed by atoms with Crippen molar-refractivity contribution in [3.8, 4) is 5.75 Å². The first-order valence-corrected chi connectivity index (χ1v) is 7.22. The average molecular weight is 302 g/mol. The Bertz CT molecular complexity index is 683. The van der Waals surface area contributed by atoms with Gasteiger partial charge in [0.1, 0.15) is 11.5 Å². The lowest BCUT2D eigenvalue weighted by atomic mass is 9.94. The molecule has 118 valence electrons. The van der Waals surface area contributed by atoms with Crippen LogP contribution in [0.1, 0.15) is 61.4 Å². The third-order valence-corrected chi connectivity index (χ3v) is 3.39. The first-order valence-electron chi connectivity index (χ1n) is 7.22. The molecule has 1 heterocycles. The lowest BCUT2D eigenvalue weighted by Gasteiger charge is -2.15. The first-order chi connectivity index (χ1) is 10.2. The molecular formula is C17H22N2O3. The minimum atomic E-state index is -0.445. The molecular weight excluding hydrogens is 280 g/mol. The van der Waals surface area contributed by atoms with Crippen LogP contribution >= 0.6 is 0 Å². The molecule has 0 fully saturated rings. The average Bonchev–Trinajstić information content (AvgIpc) is 2.87. The Balaban J connectivity index is 2.15. The van der Waals surface area contributed by atoms with Gasteiger partial charge < -0.3 is 14.9 Å². The topological polar surface area (TPSA) is 78.3 Å². The van der Waals surface area contributed by atoms with Crippen molar-refractivity contribution in [3.05, 3.63) is 47.2 Å². The molecule has 2 aromatic rings. The van der Waals surface area contributed by atoms with Crippen LogP contribution in [0.5, 0.6) is 5.75 Å². The Morgan fingerprint density at radius 1 is 1.36 bits per heavy atom. The maximum Gasteiger partial charge on any atom is 0.248 e. The standard InChI is InChI=1S/C17H22N2O3/c1-10-8-12(6-7-13(10)15(18)20)21-11(2)16-19-9-14(22-16)17(3,4)5/h6-9,11H,1-5H3,(H2,18,20). The van der Waals surface area contributed by atoms with E-state index in [0.29, 0.717) is 17.2 Å². The van der Waals surface area contributed by atoms with Crippen molar-refractivity contribution >= 4 is 5.91 Å². The quantitative estimate of drug-likeness (QED) is 0.937. The summed E-state index contributed by atoms with van der Waals surface area (Å²) in [6.07, 6.45) is 1.41. The minimum absolute atomic E-state index is 0.0926. The number of carbonyl (C=O) groups is 1. The molecule has 0 aliphatic heterocycles. The van der Waals surface area contributed by atoms with Gasteiger partial charge in [-0.1, -0.05) is 20.8 Å². The van der Waals surface area contributed by atoms with Crippen LogP contribution in [0, 0.1) is 6.92 Å². The number of aromatic nitrogens is 1. The van der Waals surface area contributed by atoms with Gasteiger partial charge in [0, 0.05) is 11.0 Å². The number of aryl methyl sites for hydroxylation is 1. The van der Waals surface area contributed by atoms with Gasteiger partial charge in [0.15, 0.2) is 6.10 Å². The molecule has 1 unspecified atom stereocenters. The van der Waals surface area contributed by atoms with E-state index in [1.54, 1.807) is 24.4 Å². The van der Waals surface area contributed by atoms with Gasteiger partial charge in [-0.15, -0.1) is 0 Å². The van der Waals surface area contributed by atoms with Crippen LogP contribution in [-0.4, -0.2) is 10.9 Å². The van der Waals surface area contributed by atoms with E-state index in [4.69, 9.17) is 14.9 Å². The van der Waals surface area contributed by atoms with Crippen LogP contribution in [0.3, 0.4) is 0 Å². The van der Waals surface area contributed by atoms with E-state index in [2.05, 4.69) is 25.8 Å². The number of hydrogen-bond acceptors (Lipinski definition) is 4. The highest BCUT2D eigenvalue weighted by atomic mass is 16.5. The maximum absolute atomic E-state index is 11.2. The highest BCUT2D eigenvalue weighted by Gasteiger charge is 2.22. The predicted octanol–water partition coefficient (Wildman–Crippen LogP) is 3.52. The number of carbonyl (C=O) groups excluding carboxylic acids is 1. The first kappa shape index (κ1) is 16.1. The summed E-state index contributed by atoms with van der Waals surface area (Å²) in [5.74, 6) is 1.55. The Hall–Kier alpha value is -2.30. The van der Waals surface area contributed by atoms with Crippen molar-refractivity contribution in [3.63, 3.8) is 0 Å². The lowest BCUT2D eigenvalue weighted by molar-refractivity contribution is 0.0999. The Morgan fingerprint density at radius 2 is 2.05 bits per heavy atom. The molecule has 1 atom stereocenters. The molecule has 1 aromatic heterocycles. The van der Waals surface area contributed by atoms with Gasteiger partial charge in [-0.2, -0.15) is 0 Å². The number of amides is 1. The number of rotatable bonds is 4. The van der Waals surface area contributed by atoms with E-state index >= 15 is 0 Å². The van der Waals surface area contributed by atoms with Gasteiger partial charge in [-0.3, -0.25) is 4.79 Å². The van der Waals surface area contributed by atoms with Crippen LogP contribution < -0.4 is 10.5 Å². The van der Waals surface area contributed by atoms with Gasteiger partial charge in [0.05, 0.1) is 6.20 Å². The van der Waals surface area contributed by atoms with Crippen LogP contribution in [0.25, 0.3) is 0 Å². The molecule has 2 rings (SSSR count). The number of oxazole rings is 1. The van der Waals surface area contributed by atoms with Gasteiger partial charge in [-0.25, -0.2) is 4.98 Å². The monoisotopic (exact) mass is 302 g/mol. The second-order valence-corrected chi connectivity index (χ2v) is 6.41. The largest absolute Gasteiger partial charge is 0.481 e. The summed E-state index contributed by atoms with van der Waals surface area (Å²) in [5.41, 5.74) is 6.47. The summed E-state index contributed by atoms with van der Waals surface area (Å²) >= 11 is 0. The summed E-state index contributed by atoms with van der Waals surface area (Å²) < 4.78 is 11.6. The minimum Gasteiger partial charge on any atom is -0.481 e. The number of benzene rings is 1. The van der Waals surface area contributed by atoms with Crippen molar-refractivity contribution in [1.82, 2.24) is 4.98 Å². The van der Waals surface area contributed by atoms with Crippen molar-refractivity contribution < 1.29 is 13.9 Å². The van der Waals surface area contributed by atoms with E-state index in [9.17, 15) is 4.79 Å². The zero-order chi connectivity index (χ0) is 16.5. The fourth-order valence-electron chi connectivity index (χ4n) is 2.06. The second kappa shape index (κ2) is 5.83. The van der Waals surface area contributed by atoms with Crippen molar-refractivity contribution in [1.29, 1.82) is 0 Å². The third-order valence-electron chi connectivity index (χ3n) is 3.39. The number of nitrogens with zero attached hydrogens (tertiary/aromatic N) is 1. The molecule has 0 saturated heterocycles. The smallest absolute Gasteiger partial charge is 0.248 e. The fraction of sp³-hybridized carbons (Fsp3) is 0.412. The summed E-state index contributed by atoms with van der Waals surface area (Å²) in [7, 11) is 0. The Labute approximate surface area is 130 Å². The molecule has 0 spiro atoms. The molecule has 1 amide bonds. The highest BCUT2D eigenvalue weighted by molar-refractivity contribution is 5.94. The zero-order valence-corrected chi connectivity index (χ0v) is 13.6. The predicted molar refractivity (Wildman–Crippen MR) is 83.9 cm³/mol. The third kappa shape index (κ3) is 3.47. The van der Waals surface area contributed by atoms with Crippen molar-refractivity contribution in [2.24, 2.45) is 5.73 Å². The van der Waals surface area contributed by atoms with Crippen LogP contribution in [0.15, 0.2) is 28.8 Å². The summed E-state index contributed by atoms with van der Waals surface area (Å²) in [5, 5.41) is 0. The van der Waals surface area contributed by atoms with E-state index < -0.39 is 5.91 Å². The Morgan fingerprint density at radius 3 is 2.55 bits per heavy atom. The summed E-state index contributed by atoms with van der Waals surface area (Å²) in [4.78, 5) is 15.5. The van der Waals surface area contributed by atoms with Gasteiger partial charge >= 0.3 is 0 Å². The van der Waals surface area contributed by atoms with Gasteiger partial charge in [0.2, 0.25) is 11.8 Å². The number of ether oxygens (including phenoxy) is 1. The van der Waals surface area contributed by atoms with E-state index in [1.165, 1.54) is 0 Å². The van der Waals surface area contributed by atoms with Gasteiger partial charge in [0.25, 0.3) is 0 Å². The summed E-state index contributed by atoms with van der Waals surface area (Å²) in [6.45, 7) is 9.88. The van der Waals surface area contributed by atoms with Gasteiger partial charge in [-0.05, 0) is 37.6 Å². The zero-order valence-electron chi connectivity index (χ0n) is 13.6. The molecule has 5 heteroatoms. The Kier molecular flexibility index (Phi) is 4.26. The molecule has 5 nitrogen and oxygen atoms in total.